The molecule has 148 valence electrons. The molecule has 0 fully saturated rings. The molecular formula is C21H26BrN3O2Si. The summed E-state index contributed by atoms with van der Waals surface area (Å²) in [6, 6.07) is 10.8. The van der Waals surface area contributed by atoms with Gasteiger partial charge < -0.3 is 10.1 Å². The highest BCUT2D eigenvalue weighted by Gasteiger charge is 2.13. The van der Waals surface area contributed by atoms with Gasteiger partial charge in [0.15, 0.2) is 0 Å². The summed E-state index contributed by atoms with van der Waals surface area (Å²) in [5, 5.41) is 4.96. The van der Waals surface area contributed by atoms with Crippen LogP contribution in [0.5, 0.6) is 0 Å². The summed E-state index contributed by atoms with van der Waals surface area (Å²) in [6.07, 6.45) is 5.37. The Bertz CT molecular complexity index is 1000. The zero-order chi connectivity index (χ0) is 20.1. The van der Waals surface area contributed by atoms with E-state index in [1.807, 2.05) is 36.5 Å². The molecule has 7 heteroatoms. The molecule has 0 aliphatic rings. The number of rotatable bonds is 8. The quantitative estimate of drug-likeness (QED) is 0.376. The van der Waals surface area contributed by atoms with Gasteiger partial charge >= 0.3 is 0 Å². The van der Waals surface area contributed by atoms with Crippen molar-refractivity contribution < 1.29 is 4.74 Å². The fourth-order valence-corrected chi connectivity index (χ4v) is 4.13. The summed E-state index contributed by atoms with van der Waals surface area (Å²) < 4.78 is 8.26. The Morgan fingerprint density at radius 2 is 1.89 bits per heavy atom. The predicted molar refractivity (Wildman–Crippen MR) is 122 cm³/mol. The van der Waals surface area contributed by atoms with Gasteiger partial charge in [-0.3, -0.25) is 14.3 Å². The monoisotopic (exact) mass is 459 g/mol. The molecular weight excluding hydrogens is 434 g/mol. The van der Waals surface area contributed by atoms with Crippen molar-refractivity contribution in [1.29, 1.82) is 0 Å². The average molecular weight is 460 g/mol. The number of halogens is 1. The van der Waals surface area contributed by atoms with E-state index in [1.54, 1.807) is 17.0 Å². The number of nitrogens with zero attached hydrogens (tertiary/aromatic N) is 2. The molecule has 0 bridgehead atoms. The topological polar surface area (TPSA) is 56.1 Å². The van der Waals surface area contributed by atoms with Crippen LogP contribution in [0.15, 0.2) is 58.2 Å². The number of ether oxygens (including phenoxy) is 1. The fraction of sp³-hybridized carbons (Fsp3) is 0.333. The number of fused-ring (bicyclic) bond motifs is 1. The fourth-order valence-electron chi connectivity index (χ4n) is 2.80. The molecule has 0 aliphatic carbocycles. The second-order valence-corrected chi connectivity index (χ2v) is 14.5. The molecule has 0 radical (unpaired) electrons. The molecule has 0 saturated heterocycles. The number of benzene rings is 1. The van der Waals surface area contributed by atoms with Gasteiger partial charge in [-0.05, 0) is 57.9 Å². The van der Waals surface area contributed by atoms with E-state index in [0.29, 0.717) is 18.5 Å². The van der Waals surface area contributed by atoms with E-state index in [-0.39, 0.29) is 12.3 Å². The molecule has 0 spiro atoms. The average Bonchev–Trinajstić information content (AvgIpc) is 2.67. The van der Waals surface area contributed by atoms with Crippen molar-refractivity contribution in [2.24, 2.45) is 0 Å². The zero-order valence-electron chi connectivity index (χ0n) is 16.5. The van der Waals surface area contributed by atoms with E-state index in [2.05, 4.69) is 45.9 Å². The Hall–Kier alpha value is -1.96. The molecule has 1 N–H and O–H groups in total. The summed E-state index contributed by atoms with van der Waals surface area (Å²) >= 11 is 3.61. The Kier molecular flexibility index (Phi) is 6.69. The normalized spacial score (nSPS) is 11.7. The molecule has 5 nitrogen and oxygen atoms in total. The minimum atomic E-state index is -1.13. The standard InChI is InChI=1S/C21H26BrN3O2Si/c1-28(2,3)11-10-27-15-25-14-20(22)19-12-17(4-5-18(19)21(25)26)24-13-16-6-8-23-9-7-16/h4-9,12,14,24H,10-11,13,15H2,1-3H3. The van der Waals surface area contributed by atoms with E-state index in [9.17, 15) is 4.79 Å². The Labute approximate surface area is 174 Å². The second-order valence-electron chi connectivity index (χ2n) is 8.07. The van der Waals surface area contributed by atoms with Crippen molar-refractivity contribution in [1.82, 2.24) is 9.55 Å². The van der Waals surface area contributed by atoms with Gasteiger partial charge in [-0.25, -0.2) is 0 Å². The third kappa shape index (κ3) is 5.53. The smallest absolute Gasteiger partial charge is 0.260 e. The number of nitrogens with one attached hydrogen (secondary N) is 1. The summed E-state index contributed by atoms with van der Waals surface area (Å²) in [6.45, 7) is 8.61. The predicted octanol–water partition coefficient (Wildman–Crippen LogP) is 5.08. The molecule has 0 amide bonds. The first-order chi connectivity index (χ1) is 13.3. The maximum atomic E-state index is 12.8. The van der Waals surface area contributed by atoms with Crippen molar-refractivity contribution >= 4 is 40.5 Å². The lowest BCUT2D eigenvalue weighted by molar-refractivity contribution is 0.0850. The Balaban J connectivity index is 1.74. The molecule has 0 unspecified atom stereocenters. The van der Waals surface area contributed by atoms with Crippen molar-refractivity contribution in [3.05, 3.63) is 69.3 Å². The van der Waals surface area contributed by atoms with Crippen LogP contribution in [-0.4, -0.2) is 24.2 Å². The second kappa shape index (κ2) is 9.02. The first-order valence-corrected chi connectivity index (χ1v) is 13.9. The molecule has 0 aliphatic heterocycles. The van der Waals surface area contributed by atoms with Crippen LogP contribution in [0.2, 0.25) is 25.7 Å². The molecule has 1 aromatic carbocycles. The Morgan fingerprint density at radius 1 is 1.14 bits per heavy atom. The highest BCUT2D eigenvalue weighted by atomic mass is 79.9. The number of pyridine rings is 2. The first kappa shape index (κ1) is 20.8. The molecule has 2 heterocycles. The van der Waals surface area contributed by atoms with Crippen LogP contribution in [0.4, 0.5) is 5.69 Å². The molecule has 0 saturated carbocycles. The van der Waals surface area contributed by atoms with Crippen molar-refractivity contribution in [3.8, 4) is 0 Å². The van der Waals surface area contributed by atoms with Crippen molar-refractivity contribution in [2.75, 3.05) is 11.9 Å². The summed E-state index contributed by atoms with van der Waals surface area (Å²) in [4.78, 5) is 16.8. The molecule has 0 atom stereocenters. The van der Waals surface area contributed by atoms with Gasteiger partial charge in [0.1, 0.15) is 6.73 Å². The number of hydrogen-bond acceptors (Lipinski definition) is 4. The third-order valence-corrected chi connectivity index (χ3v) is 6.85. The lowest BCUT2D eigenvalue weighted by Gasteiger charge is -2.16. The minimum Gasteiger partial charge on any atom is -0.381 e. The SMILES string of the molecule is C[Si](C)(C)CCOCn1cc(Br)c2cc(NCc3ccncc3)ccc2c1=O. The van der Waals surface area contributed by atoms with Crippen LogP contribution in [0.3, 0.4) is 0 Å². The van der Waals surface area contributed by atoms with Gasteiger partial charge in [0, 0.05) is 60.7 Å². The van der Waals surface area contributed by atoms with Crippen LogP contribution in [0.25, 0.3) is 10.8 Å². The van der Waals surface area contributed by atoms with Crippen LogP contribution in [0, 0.1) is 0 Å². The minimum absolute atomic E-state index is 0.0353. The summed E-state index contributed by atoms with van der Waals surface area (Å²) in [5.74, 6) is 0. The van der Waals surface area contributed by atoms with E-state index < -0.39 is 8.07 Å². The maximum Gasteiger partial charge on any atom is 0.260 e. The van der Waals surface area contributed by atoms with Crippen molar-refractivity contribution in [3.63, 3.8) is 0 Å². The molecule has 28 heavy (non-hydrogen) atoms. The number of aromatic nitrogens is 2. The lowest BCUT2D eigenvalue weighted by atomic mass is 10.1. The van der Waals surface area contributed by atoms with Crippen LogP contribution in [-0.2, 0) is 18.0 Å². The maximum absolute atomic E-state index is 12.8. The van der Waals surface area contributed by atoms with Gasteiger partial charge in [0.05, 0.1) is 0 Å². The summed E-state index contributed by atoms with van der Waals surface area (Å²) in [7, 11) is -1.13. The van der Waals surface area contributed by atoms with Crippen LogP contribution < -0.4 is 10.9 Å². The largest absolute Gasteiger partial charge is 0.381 e. The van der Waals surface area contributed by atoms with Gasteiger partial charge in [0.2, 0.25) is 0 Å². The third-order valence-electron chi connectivity index (χ3n) is 4.51. The van der Waals surface area contributed by atoms with Crippen LogP contribution >= 0.6 is 15.9 Å². The van der Waals surface area contributed by atoms with E-state index in [1.165, 1.54) is 0 Å². The van der Waals surface area contributed by atoms with Crippen molar-refractivity contribution in [2.45, 2.75) is 39.0 Å². The van der Waals surface area contributed by atoms with Gasteiger partial charge in [-0.1, -0.05) is 19.6 Å². The summed E-state index contributed by atoms with van der Waals surface area (Å²) in [5.41, 5.74) is 2.08. The Morgan fingerprint density at radius 3 is 2.61 bits per heavy atom. The number of anilines is 1. The van der Waals surface area contributed by atoms with Gasteiger partial charge in [0.25, 0.3) is 5.56 Å². The first-order valence-electron chi connectivity index (χ1n) is 9.37. The van der Waals surface area contributed by atoms with Gasteiger partial charge in [-0.2, -0.15) is 0 Å². The number of hydrogen-bond donors (Lipinski definition) is 1. The lowest BCUT2D eigenvalue weighted by Crippen LogP contribution is -2.24. The van der Waals surface area contributed by atoms with E-state index >= 15 is 0 Å². The highest BCUT2D eigenvalue weighted by Crippen LogP contribution is 2.25. The van der Waals surface area contributed by atoms with Crippen LogP contribution in [0.1, 0.15) is 5.56 Å². The molecule has 2 aromatic heterocycles. The molecule has 3 aromatic rings. The van der Waals surface area contributed by atoms with Gasteiger partial charge in [-0.15, -0.1) is 0 Å². The van der Waals surface area contributed by atoms with E-state index in [4.69, 9.17) is 4.74 Å². The zero-order valence-corrected chi connectivity index (χ0v) is 19.1. The van der Waals surface area contributed by atoms with E-state index in [0.717, 1.165) is 27.2 Å². The highest BCUT2D eigenvalue weighted by molar-refractivity contribution is 9.10. The molecule has 3 rings (SSSR count).